The third-order valence-electron chi connectivity index (χ3n) is 2.25. The zero-order valence-electron chi connectivity index (χ0n) is 9.56. The highest BCUT2D eigenvalue weighted by Gasteiger charge is 2.17. The Morgan fingerprint density at radius 2 is 2.05 bits per heavy atom. The Morgan fingerprint density at radius 1 is 1.32 bits per heavy atom. The number of thiophene rings is 1. The number of hydrogen-bond donors (Lipinski definition) is 2. The van der Waals surface area contributed by atoms with Crippen LogP contribution in [-0.4, -0.2) is 8.42 Å². The summed E-state index contributed by atoms with van der Waals surface area (Å²) in [4.78, 5) is 0. The maximum absolute atomic E-state index is 13.1. The van der Waals surface area contributed by atoms with Crippen LogP contribution in [0, 0.1) is 5.82 Å². The van der Waals surface area contributed by atoms with Crippen LogP contribution in [0.5, 0.6) is 0 Å². The van der Waals surface area contributed by atoms with Crippen molar-refractivity contribution in [3.63, 3.8) is 0 Å². The van der Waals surface area contributed by atoms with E-state index in [1.54, 1.807) is 5.38 Å². The molecule has 1 aromatic heterocycles. The van der Waals surface area contributed by atoms with Gasteiger partial charge < -0.3 is 5.73 Å². The summed E-state index contributed by atoms with van der Waals surface area (Å²) in [5.41, 5.74) is 6.22. The van der Waals surface area contributed by atoms with E-state index >= 15 is 0 Å². The van der Waals surface area contributed by atoms with E-state index in [0.717, 1.165) is 29.0 Å². The molecule has 8 heteroatoms. The summed E-state index contributed by atoms with van der Waals surface area (Å²) in [6.07, 6.45) is 0. The van der Waals surface area contributed by atoms with Crippen LogP contribution in [0.25, 0.3) is 0 Å². The quantitative estimate of drug-likeness (QED) is 0.910. The van der Waals surface area contributed by atoms with Crippen LogP contribution >= 0.6 is 22.9 Å². The second-order valence-electron chi connectivity index (χ2n) is 3.74. The molecule has 0 bridgehead atoms. The molecule has 2 aromatic rings. The molecule has 0 aliphatic carbocycles. The first kappa shape index (κ1) is 14.3. The Labute approximate surface area is 119 Å². The fourth-order valence-corrected chi connectivity index (χ4v) is 3.90. The van der Waals surface area contributed by atoms with Gasteiger partial charge in [0.15, 0.2) is 0 Å². The van der Waals surface area contributed by atoms with Gasteiger partial charge in [-0.2, -0.15) is 0 Å². The standard InChI is InChI=1S/C11H10ClFN2O2S2/c12-8-2-9(13)4-10(3-8)15-19(16,17)11-1-7(5-14)6-18-11/h1-4,6,15H,5,14H2. The Hall–Kier alpha value is -1.15. The molecular formula is C11H10ClFN2O2S2. The third-order valence-corrected chi connectivity index (χ3v) is 5.33. The number of sulfonamides is 1. The highest BCUT2D eigenvalue weighted by atomic mass is 35.5. The molecule has 1 aromatic carbocycles. The van der Waals surface area contributed by atoms with Crippen molar-refractivity contribution < 1.29 is 12.8 Å². The zero-order chi connectivity index (χ0) is 14.0. The average Bonchev–Trinajstić information content (AvgIpc) is 2.75. The lowest BCUT2D eigenvalue weighted by Crippen LogP contribution is -2.11. The normalized spacial score (nSPS) is 11.5. The third kappa shape index (κ3) is 3.44. The summed E-state index contributed by atoms with van der Waals surface area (Å²) in [6, 6.07) is 4.96. The summed E-state index contributed by atoms with van der Waals surface area (Å²) < 4.78 is 39.6. The highest BCUT2D eigenvalue weighted by molar-refractivity contribution is 7.94. The van der Waals surface area contributed by atoms with Gasteiger partial charge >= 0.3 is 0 Å². The maximum Gasteiger partial charge on any atom is 0.271 e. The maximum atomic E-state index is 13.1. The molecule has 2 rings (SSSR count). The number of rotatable bonds is 4. The van der Waals surface area contributed by atoms with Crippen molar-refractivity contribution >= 4 is 38.6 Å². The monoisotopic (exact) mass is 320 g/mol. The van der Waals surface area contributed by atoms with E-state index in [2.05, 4.69) is 4.72 Å². The predicted octanol–water partition coefficient (Wildman–Crippen LogP) is 2.80. The van der Waals surface area contributed by atoms with Gasteiger partial charge in [-0.15, -0.1) is 11.3 Å². The van der Waals surface area contributed by atoms with Crippen LogP contribution in [0.1, 0.15) is 5.56 Å². The van der Waals surface area contributed by atoms with E-state index < -0.39 is 15.8 Å². The molecule has 0 saturated heterocycles. The van der Waals surface area contributed by atoms with Crippen LogP contribution < -0.4 is 10.5 Å². The fraction of sp³-hybridized carbons (Fsp3) is 0.0909. The van der Waals surface area contributed by atoms with Gasteiger partial charge in [0.05, 0.1) is 5.69 Å². The largest absolute Gasteiger partial charge is 0.326 e. The number of hydrogen-bond acceptors (Lipinski definition) is 4. The van der Waals surface area contributed by atoms with Gasteiger partial charge in [-0.1, -0.05) is 11.6 Å². The minimum atomic E-state index is -3.75. The molecule has 102 valence electrons. The number of halogens is 2. The van der Waals surface area contributed by atoms with Crippen LogP contribution in [0.2, 0.25) is 5.02 Å². The van der Waals surface area contributed by atoms with E-state index in [1.807, 2.05) is 0 Å². The molecular weight excluding hydrogens is 311 g/mol. The summed E-state index contributed by atoms with van der Waals surface area (Å²) in [5.74, 6) is -0.612. The smallest absolute Gasteiger partial charge is 0.271 e. The van der Waals surface area contributed by atoms with Crippen LogP contribution in [0.4, 0.5) is 10.1 Å². The first-order valence-corrected chi connectivity index (χ1v) is 7.91. The topological polar surface area (TPSA) is 72.2 Å². The fourth-order valence-electron chi connectivity index (χ4n) is 1.42. The molecule has 0 aliphatic heterocycles. The molecule has 1 heterocycles. The summed E-state index contributed by atoms with van der Waals surface area (Å²) >= 11 is 6.71. The second-order valence-corrected chi connectivity index (χ2v) is 7.00. The van der Waals surface area contributed by atoms with Crippen molar-refractivity contribution in [1.29, 1.82) is 0 Å². The van der Waals surface area contributed by atoms with Crippen molar-refractivity contribution in [3.05, 3.63) is 46.0 Å². The van der Waals surface area contributed by atoms with E-state index in [-0.39, 0.29) is 21.5 Å². The van der Waals surface area contributed by atoms with E-state index in [9.17, 15) is 12.8 Å². The molecule has 0 spiro atoms. The molecule has 0 saturated carbocycles. The van der Waals surface area contributed by atoms with Gasteiger partial charge in [0.1, 0.15) is 10.0 Å². The number of anilines is 1. The highest BCUT2D eigenvalue weighted by Crippen LogP contribution is 2.25. The first-order valence-electron chi connectivity index (χ1n) is 5.17. The second kappa shape index (κ2) is 5.46. The Bertz CT molecular complexity index is 680. The summed E-state index contributed by atoms with van der Waals surface area (Å²) in [7, 11) is -3.75. The van der Waals surface area contributed by atoms with E-state index in [0.29, 0.717) is 0 Å². The molecule has 0 radical (unpaired) electrons. The Morgan fingerprint density at radius 3 is 2.63 bits per heavy atom. The lowest BCUT2D eigenvalue weighted by Gasteiger charge is -2.06. The van der Waals surface area contributed by atoms with Crippen LogP contribution in [0.3, 0.4) is 0 Å². The zero-order valence-corrected chi connectivity index (χ0v) is 11.9. The Balaban J connectivity index is 2.30. The van der Waals surface area contributed by atoms with Crippen LogP contribution in [0.15, 0.2) is 33.9 Å². The minimum absolute atomic E-state index is 0.0766. The summed E-state index contributed by atoms with van der Waals surface area (Å²) in [5, 5.41) is 1.78. The van der Waals surface area contributed by atoms with E-state index in [4.69, 9.17) is 17.3 Å². The van der Waals surface area contributed by atoms with Gasteiger partial charge in [-0.05, 0) is 35.2 Å². The van der Waals surface area contributed by atoms with Crippen molar-refractivity contribution in [2.75, 3.05) is 4.72 Å². The van der Waals surface area contributed by atoms with Crippen molar-refractivity contribution in [2.24, 2.45) is 5.73 Å². The lowest BCUT2D eigenvalue weighted by molar-refractivity contribution is 0.603. The first-order chi connectivity index (χ1) is 8.90. The molecule has 0 unspecified atom stereocenters. The Kier molecular flexibility index (Phi) is 4.10. The van der Waals surface area contributed by atoms with Crippen molar-refractivity contribution in [2.45, 2.75) is 10.8 Å². The van der Waals surface area contributed by atoms with Crippen molar-refractivity contribution in [3.8, 4) is 0 Å². The number of nitrogens with two attached hydrogens (primary N) is 1. The van der Waals surface area contributed by atoms with Crippen LogP contribution in [-0.2, 0) is 16.6 Å². The molecule has 0 amide bonds. The SMILES string of the molecule is NCc1csc(S(=O)(=O)Nc2cc(F)cc(Cl)c2)c1. The van der Waals surface area contributed by atoms with Gasteiger partial charge in [-0.25, -0.2) is 12.8 Å². The molecule has 0 aliphatic rings. The molecule has 19 heavy (non-hydrogen) atoms. The van der Waals surface area contributed by atoms with Gasteiger partial charge in [0.2, 0.25) is 0 Å². The number of benzene rings is 1. The summed E-state index contributed by atoms with van der Waals surface area (Å²) in [6.45, 7) is 0.262. The lowest BCUT2D eigenvalue weighted by atomic mass is 10.3. The number of nitrogens with one attached hydrogen (secondary N) is 1. The predicted molar refractivity (Wildman–Crippen MR) is 74.4 cm³/mol. The average molecular weight is 321 g/mol. The van der Waals surface area contributed by atoms with Crippen molar-refractivity contribution in [1.82, 2.24) is 0 Å². The van der Waals surface area contributed by atoms with Gasteiger partial charge in [0, 0.05) is 11.6 Å². The van der Waals surface area contributed by atoms with Gasteiger partial charge in [-0.3, -0.25) is 4.72 Å². The van der Waals surface area contributed by atoms with Gasteiger partial charge in [0.25, 0.3) is 10.0 Å². The molecule has 3 N–H and O–H groups in total. The molecule has 0 atom stereocenters. The molecule has 0 fully saturated rings. The minimum Gasteiger partial charge on any atom is -0.326 e. The molecule has 4 nitrogen and oxygen atoms in total. The van der Waals surface area contributed by atoms with E-state index in [1.165, 1.54) is 12.1 Å².